The highest BCUT2D eigenvalue weighted by Gasteiger charge is 2.29. The third kappa shape index (κ3) is 3.20. The van der Waals surface area contributed by atoms with Crippen LogP contribution in [0, 0.1) is 0 Å². The van der Waals surface area contributed by atoms with E-state index in [1.165, 1.54) is 18.6 Å². The number of rotatable bonds is 3. The Morgan fingerprint density at radius 2 is 2.39 bits per heavy atom. The summed E-state index contributed by atoms with van der Waals surface area (Å²) < 4.78 is 0.956. The van der Waals surface area contributed by atoms with Crippen molar-refractivity contribution in [1.29, 1.82) is 0 Å². The van der Waals surface area contributed by atoms with Crippen molar-refractivity contribution in [2.24, 2.45) is 0 Å². The van der Waals surface area contributed by atoms with Crippen LogP contribution in [0.3, 0.4) is 0 Å². The van der Waals surface area contributed by atoms with Crippen LogP contribution < -0.4 is 11.1 Å². The smallest absolute Gasteiger partial charge is 0.251 e. The number of anilines is 1. The van der Waals surface area contributed by atoms with Crippen molar-refractivity contribution in [1.82, 2.24) is 5.32 Å². The lowest BCUT2D eigenvalue weighted by atomic mass is 10.1. The largest absolute Gasteiger partial charge is 0.398 e. The second-order valence-corrected chi connectivity index (χ2v) is 7.36. The summed E-state index contributed by atoms with van der Waals surface area (Å²) >= 11 is 5.28. The van der Waals surface area contributed by atoms with Crippen LogP contribution in [-0.2, 0) is 0 Å². The zero-order valence-electron chi connectivity index (χ0n) is 10.3. The molecule has 1 fully saturated rings. The first-order chi connectivity index (χ1) is 8.50. The lowest BCUT2D eigenvalue weighted by Gasteiger charge is -2.22. The van der Waals surface area contributed by atoms with Crippen LogP contribution in [0.1, 0.15) is 30.1 Å². The van der Waals surface area contributed by atoms with E-state index < -0.39 is 0 Å². The third-order valence-corrected chi connectivity index (χ3v) is 5.41. The van der Waals surface area contributed by atoms with Crippen molar-refractivity contribution < 1.29 is 4.79 Å². The molecule has 3 N–H and O–H groups in total. The Bertz CT molecular complexity index is 458. The predicted octanol–water partition coefficient (Wildman–Crippen LogP) is 3.05. The number of carbonyl (C=O) groups is 1. The van der Waals surface area contributed by atoms with E-state index in [2.05, 4.69) is 28.2 Å². The van der Waals surface area contributed by atoms with Gasteiger partial charge in [-0.3, -0.25) is 4.79 Å². The van der Waals surface area contributed by atoms with Gasteiger partial charge in [-0.25, -0.2) is 0 Å². The van der Waals surface area contributed by atoms with Crippen LogP contribution in [-0.4, -0.2) is 23.0 Å². The summed E-state index contributed by atoms with van der Waals surface area (Å²) in [5.41, 5.74) is 6.99. The molecule has 1 aromatic carbocycles. The van der Waals surface area contributed by atoms with Crippen LogP contribution in [0.4, 0.5) is 5.69 Å². The van der Waals surface area contributed by atoms with Gasteiger partial charge >= 0.3 is 0 Å². The van der Waals surface area contributed by atoms with E-state index in [1.807, 2.05) is 11.8 Å². The molecule has 0 aliphatic carbocycles. The monoisotopic (exact) mass is 328 g/mol. The molecule has 1 saturated heterocycles. The van der Waals surface area contributed by atoms with Crippen molar-refractivity contribution in [2.75, 3.05) is 18.0 Å². The maximum atomic E-state index is 12.0. The first kappa shape index (κ1) is 13.7. The van der Waals surface area contributed by atoms with Crippen molar-refractivity contribution in [2.45, 2.75) is 24.5 Å². The zero-order chi connectivity index (χ0) is 13.2. The summed E-state index contributed by atoms with van der Waals surface area (Å²) in [7, 11) is 0. The fourth-order valence-corrected chi connectivity index (χ4v) is 3.64. The standard InChI is InChI=1S/C13H17BrN2OS/c1-13(5-2-6-18-13)8-16-12(17)9-3-4-11(15)10(14)7-9/h3-4,7H,2,5-6,8,15H2,1H3,(H,16,17). The SMILES string of the molecule is CC1(CNC(=O)c2ccc(N)c(Br)c2)CCCS1. The molecule has 0 saturated carbocycles. The van der Waals surface area contributed by atoms with Crippen LogP contribution >= 0.6 is 27.7 Å². The van der Waals surface area contributed by atoms with Crippen molar-refractivity contribution in [3.8, 4) is 0 Å². The van der Waals surface area contributed by atoms with E-state index in [1.54, 1.807) is 18.2 Å². The van der Waals surface area contributed by atoms with E-state index in [-0.39, 0.29) is 10.7 Å². The highest BCUT2D eigenvalue weighted by Crippen LogP contribution is 2.37. The molecule has 0 radical (unpaired) electrons. The normalized spacial score (nSPS) is 23.0. The molecular weight excluding hydrogens is 312 g/mol. The first-order valence-electron chi connectivity index (χ1n) is 5.97. The summed E-state index contributed by atoms with van der Waals surface area (Å²) in [6.45, 7) is 2.93. The average Bonchev–Trinajstić information content (AvgIpc) is 2.77. The fourth-order valence-electron chi connectivity index (χ4n) is 2.01. The van der Waals surface area contributed by atoms with E-state index in [4.69, 9.17) is 5.73 Å². The topological polar surface area (TPSA) is 55.1 Å². The number of nitrogen functional groups attached to an aromatic ring is 1. The van der Waals surface area contributed by atoms with Crippen LogP contribution in [0.25, 0.3) is 0 Å². The van der Waals surface area contributed by atoms with E-state index in [9.17, 15) is 4.79 Å². The van der Waals surface area contributed by atoms with Crippen molar-refractivity contribution in [3.05, 3.63) is 28.2 Å². The summed E-state index contributed by atoms with van der Waals surface area (Å²) in [5, 5.41) is 3.01. The Balaban J connectivity index is 1.97. The number of nitrogens with two attached hydrogens (primary N) is 1. The Kier molecular flexibility index (Phi) is 4.22. The number of benzene rings is 1. The first-order valence-corrected chi connectivity index (χ1v) is 7.75. The van der Waals surface area contributed by atoms with E-state index in [0.717, 1.165) is 11.0 Å². The average molecular weight is 329 g/mol. The minimum Gasteiger partial charge on any atom is -0.398 e. The maximum Gasteiger partial charge on any atom is 0.251 e. The molecule has 0 spiro atoms. The van der Waals surface area contributed by atoms with Crippen LogP contribution in [0.15, 0.2) is 22.7 Å². The minimum atomic E-state index is -0.0376. The molecule has 1 amide bonds. The molecule has 1 atom stereocenters. The summed E-state index contributed by atoms with van der Waals surface area (Å²) in [6.07, 6.45) is 2.41. The molecular formula is C13H17BrN2OS. The Labute approximate surface area is 120 Å². The summed E-state index contributed by atoms with van der Waals surface area (Å²) in [5.74, 6) is 1.16. The Morgan fingerprint density at radius 3 is 3.00 bits per heavy atom. The molecule has 98 valence electrons. The maximum absolute atomic E-state index is 12.0. The molecule has 0 bridgehead atoms. The number of nitrogens with one attached hydrogen (secondary N) is 1. The molecule has 0 aromatic heterocycles. The van der Waals surface area contributed by atoms with Crippen LogP contribution in [0.5, 0.6) is 0 Å². The van der Waals surface area contributed by atoms with Gasteiger partial charge in [0.2, 0.25) is 0 Å². The Hall–Kier alpha value is -0.680. The molecule has 1 heterocycles. The van der Waals surface area contributed by atoms with Gasteiger partial charge in [-0.1, -0.05) is 0 Å². The minimum absolute atomic E-state index is 0.0376. The fraction of sp³-hybridized carbons (Fsp3) is 0.462. The molecule has 18 heavy (non-hydrogen) atoms. The van der Waals surface area contributed by atoms with Gasteiger partial charge in [0, 0.05) is 27.0 Å². The number of amides is 1. The molecule has 1 aliphatic heterocycles. The van der Waals surface area contributed by atoms with Crippen LogP contribution in [0.2, 0.25) is 0 Å². The van der Waals surface area contributed by atoms with Gasteiger partial charge in [-0.2, -0.15) is 11.8 Å². The van der Waals surface area contributed by atoms with Gasteiger partial charge in [0.25, 0.3) is 5.91 Å². The van der Waals surface area contributed by atoms with Crippen molar-refractivity contribution >= 4 is 39.3 Å². The predicted molar refractivity (Wildman–Crippen MR) is 81.0 cm³/mol. The molecule has 5 heteroatoms. The Morgan fingerprint density at radius 1 is 1.61 bits per heavy atom. The quantitative estimate of drug-likeness (QED) is 0.838. The molecule has 2 rings (SSSR count). The summed E-state index contributed by atoms with van der Waals surface area (Å²) in [6, 6.07) is 5.25. The van der Waals surface area contributed by atoms with E-state index >= 15 is 0 Å². The van der Waals surface area contributed by atoms with Gasteiger partial charge < -0.3 is 11.1 Å². The second-order valence-electron chi connectivity index (χ2n) is 4.82. The number of carbonyl (C=O) groups excluding carboxylic acids is 1. The van der Waals surface area contributed by atoms with Gasteiger partial charge in [-0.15, -0.1) is 0 Å². The van der Waals surface area contributed by atoms with Gasteiger partial charge in [0.1, 0.15) is 0 Å². The number of hydrogen-bond donors (Lipinski definition) is 2. The van der Waals surface area contributed by atoms with Gasteiger partial charge in [0.05, 0.1) is 0 Å². The second kappa shape index (κ2) is 5.53. The van der Waals surface area contributed by atoms with E-state index in [0.29, 0.717) is 11.3 Å². The van der Waals surface area contributed by atoms with Crippen molar-refractivity contribution in [3.63, 3.8) is 0 Å². The summed E-state index contributed by atoms with van der Waals surface area (Å²) in [4.78, 5) is 12.0. The highest BCUT2D eigenvalue weighted by molar-refractivity contribution is 9.10. The van der Waals surface area contributed by atoms with Gasteiger partial charge in [0.15, 0.2) is 0 Å². The molecule has 1 aromatic rings. The lowest BCUT2D eigenvalue weighted by Crippen LogP contribution is -2.36. The lowest BCUT2D eigenvalue weighted by molar-refractivity contribution is 0.0950. The highest BCUT2D eigenvalue weighted by atomic mass is 79.9. The number of thioether (sulfide) groups is 1. The molecule has 1 aliphatic rings. The van der Waals surface area contributed by atoms with Gasteiger partial charge in [-0.05, 0) is 59.6 Å². The molecule has 3 nitrogen and oxygen atoms in total. The third-order valence-electron chi connectivity index (χ3n) is 3.19. The zero-order valence-corrected chi connectivity index (χ0v) is 12.7. The number of hydrogen-bond acceptors (Lipinski definition) is 3. The number of halogens is 1. The molecule has 1 unspecified atom stereocenters.